The monoisotopic (exact) mass is 269 g/mol. The van der Waals surface area contributed by atoms with Crippen LogP contribution in [-0.4, -0.2) is 42.4 Å². The highest BCUT2D eigenvalue weighted by atomic mass is 16.5. The molecule has 0 aromatic heterocycles. The zero-order chi connectivity index (χ0) is 14.4. The van der Waals surface area contributed by atoms with Gasteiger partial charge in [-0.25, -0.2) is 4.79 Å². The number of rotatable bonds is 7. The maximum Gasteiger partial charge on any atom is 0.326 e. The van der Waals surface area contributed by atoms with Gasteiger partial charge in [-0.1, -0.05) is 0 Å². The third-order valence-corrected chi connectivity index (χ3v) is 2.41. The van der Waals surface area contributed by atoms with Gasteiger partial charge in [0.05, 0.1) is 26.3 Å². The summed E-state index contributed by atoms with van der Waals surface area (Å²) in [6, 6.07) is 3.53. The van der Waals surface area contributed by atoms with Gasteiger partial charge in [0.1, 0.15) is 17.5 Å². The van der Waals surface area contributed by atoms with Crippen LogP contribution < -0.4 is 14.8 Å². The Hall–Kier alpha value is -2.44. The second kappa shape index (κ2) is 6.48. The van der Waals surface area contributed by atoms with Crippen molar-refractivity contribution in [3.63, 3.8) is 0 Å². The number of anilines is 1. The van der Waals surface area contributed by atoms with Gasteiger partial charge in [-0.3, -0.25) is 4.79 Å². The molecule has 0 saturated heterocycles. The van der Waals surface area contributed by atoms with Gasteiger partial charge in [-0.2, -0.15) is 0 Å². The molecule has 0 aliphatic heterocycles. The van der Waals surface area contributed by atoms with Gasteiger partial charge in [0.15, 0.2) is 0 Å². The molecule has 0 radical (unpaired) electrons. The van der Waals surface area contributed by atoms with Crippen molar-refractivity contribution in [3.8, 4) is 11.5 Å². The molecule has 0 amide bonds. The van der Waals surface area contributed by atoms with Gasteiger partial charge in [0.2, 0.25) is 0 Å². The summed E-state index contributed by atoms with van der Waals surface area (Å²) in [7, 11) is 2.90. The first kappa shape index (κ1) is 14.6. The lowest BCUT2D eigenvalue weighted by molar-refractivity contribution is -0.144. The van der Waals surface area contributed by atoms with Crippen LogP contribution in [0.25, 0.3) is 0 Å². The Morgan fingerprint density at radius 2 is 1.95 bits per heavy atom. The molecule has 3 N–H and O–H groups in total. The Kier molecular flexibility index (Phi) is 4.99. The van der Waals surface area contributed by atoms with Crippen LogP contribution in [0.3, 0.4) is 0 Å². The van der Waals surface area contributed by atoms with Gasteiger partial charge in [0.25, 0.3) is 0 Å². The standard InChI is InChI=1S/C12H15NO6/c1-18-7-3-4-10(19-2)8(5-7)13-9(12(16)17)6-11(14)15/h3-5,9,13H,6H2,1-2H3,(H,14,15)(H,16,17). The van der Waals surface area contributed by atoms with Gasteiger partial charge in [-0.05, 0) is 12.1 Å². The van der Waals surface area contributed by atoms with Gasteiger partial charge >= 0.3 is 11.9 Å². The smallest absolute Gasteiger partial charge is 0.326 e. The number of methoxy groups -OCH3 is 2. The highest BCUT2D eigenvalue weighted by Gasteiger charge is 2.22. The Labute approximate surface area is 109 Å². The quantitative estimate of drug-likeness (QED) is 0.679. The largest absolute Gasteiger partial charge is 0.497 e. The van der Waals surface area contributed by atoms with Crippen molar-refractivity contribution in [2.75, 3.05) is 19.5 Å². The molecule has 0 aliphatic carbocycles. The molecule has 104 valence electrons. The van der Waals surface area contributed by atoms with E-state index in [-0.39, 0.29) is 0 Å². The van der Waals surface area contributed by atoms with Crippen LogP contribution >= 0.6 is 0 Å². The van der Waals surface area contributed by atoms with Crippen LogP contribution in [0.1, 0.15) is 6.42 Å². The predicted molar refractivity (Wildman–Crippen MR) is 66.8 cm³/mol. The van der Waals surface area contributed by atoms with Gasteiger partial charge in [-0.15, -0.1) is 0 Å². The Morgan fingerprint density at radius 1 is 1.26 bits per heavy atom. The van der Waals surface area contributed by atoms with E-state index in [9.17, 15) is 9.59 Å². The van der Waals surface area contributed by atoms with E-state index in [4.69, 9.17) is 19.7 Å². The molecule has 1 unspecified atom stereocenters. The summed E-state index contributed by atoms with van der Waals surface area (Å²) in [5.74, 6) is -1.56. The first-order valence-corrected chi connectivity index (χ1v) is 5.41. The second-order valence-corrected chi connectivity index (χ2v) is 3.70. The number of benzene rings is 1. The number of carboxylic acid groups (broad SMARTS) is 2. The predicted octanol–water partition coefficient (Wildman–Crippen LogP) is 1.04. The summed E-state index contributed by atoms with van der Waals surface area (Å²) in [6.07, 6.45) is -0.546. The van der Waals surface area contributed by atoms with Crippen molar-refractivity contribution < 1.29 is 29.3 Å². The van der Waals surface area contributed by atoms with E-state index in [1.807, 2.05) is 0 Å². The van der Waals surface area contributed by atoms with Crippen molar-refractivity contribution in [2.24, 2.45) is 0 Å². The normalized spacial score (nSPS) is 11.5. The van der Waals surface area contributed by atoms with E-state index in [2.05, 4.69) is 5.32 Å². The van der Waals surface area contributed by atoms with Crippen LogP contribution in [0, 0.1) is 0 Å². The minimum Gasteiger partial charge on any atom is -0.497 e. The molecule has 0 aliphatic rings. The lowest BCUT2D eigenvalue weighted by Crippen LogP contribution is -2.31. The molecule has 1 aromatic rings. The molecule has 19 heavy (non-hydrogen) atoms. The van der Waals surface area contributed by atoms with Crippen LogP contribution in [0.5, 0.6) is 11.5 Å². The molecule has 0 bridgehead atoms. The third-order valence-electron chi connectivity index (χ3n) is 2.41. The van der Waals surface area contributed by atoms with E-state index < -0.39 is 24.4 Å². The van der Waals surface area contributed by atoms with Crippen molar-refractivity contribution in [3.05, 3.63) is 18.2 Å². The zero-order valence-electron chi connectivity index (χ0n) is 10.5. The molecule has 1 atom stereocenters. The fourth-order valence-corrected chi connectivity index (χ4v) is 1.49. The van der Waals surface area contributed by atoms with Crippen molar-refractivity contribution >= 4 is 17.6 Å². The highest BCUT2D eigenvalue weighted by molar-refractivity contribution is 5.84. The van der Waals surface area contributed by atoms with E-state index >= 15 is 0 Å². The molecule has 1 aromatic carbocycles. The molecule has 0 saturated carbocycles. The number of carboxylic acids is 2. The number of aliphatic carboxylic acids is 2. The number of hydrogen-bond acceptors (Lipinski definition) is 5. The lowest BCUT2D eigenvalue weighted by atomic mass is 10.2. The van der Waals surface area contributed by atoms with E-state index in [1.54, 1.807) is 12.1 Å². The maximum absolute atomic E-state index is 11.0. The highest BCUT2D eigenvalue weighted by Crippen LogP contribution is 2.29. The molecule has 0 fully saturated rings. The van der Waals surface area contributed by atoms with Crippen LogP contribution in [0.2, 0.25) is 0 Å². The fraction of sp³-hybridized carbons (Fsp3) is 0.333. The van der Waals surface area contributed by atoms with Crippen LogP contribution in [-0.2, 0) is 9.59 Å². The number of carbonyl (C=O) groups is 2. The summed E-state index contributed by atoms with van der Waals surface area (Å²) < 4.78 is 10.1. The number of hydrogen-bond donors (Lipinski definition) is 3. The average molecular weight is 269 g/mol. The van der Waals surface area contributed by atoms with Gasteiger partial charge < -0.3 is 25.0 Å². The van der Waals surface area contributed by atoms with E-state index in [0.717, 1.165) is 0 Å². The van der Waals surface area contributed by atoms with Crippen LogP contribution in [0.4, 0.5) is 5.69 Å². The maximum atomic E-state index is 11.0. The molecule has 0 heterocycles. The Bertz CT molecular complexity index is 473. The Morgan fingerprint density at radius 3 is 2.42 bits per heavy atom. The molecule has 0 spiro atoms. The summed E-state index contributed by atoms with van der Waals surface area (Å²) >= 11 is 0. The van der Waals surface area contributed by atoms with Crippen LogP contribution in [0.15, 0.2) is 18.2 Å². The topological polar surface area (TPSA) is 105 Å². The molecule has 7 heteroatoms. The summed E-state index contributed by atoms with van der Waals surface area (Å²) in [6.45, 7) is 0. The summed E-state index contributed by atoms with van der Waals surface area (Å²) in [4.78, 5) is 21.6. The molecular formula is C12H15NO6. The minimum atomic E-state index is -1.26. The van der Waals surface area contributed by atoms with Gasteiger partial charge in [0, 0.05) is 6.07 Å². The van der Waals surface area contributed by atoms with Crippen molar-refractivity contribution in [2.45, 2.75) is 12.5 Å². The Balaban J connectivity index is 2.99. The number of ether oxygens (including phenoxy) is 2. The average Bonchev–Trinajstić information content (AvgIpc) is 2.37. The lowest BCUT2D eigenvalue weighted by Gasteiger charge is -2.17. The first-order valence-electron chi connectivity index (χ1n) is 5.41. The van der Waals surface area contributed by atoms with Crippen molar-refractivity contribution in [1.82, 2.24) is 0 Å². The fourth-order valence-electron chi connectivity index (χ4n) is 1.49. The van der Waals surface area contributed by atoms with E-state index in [1.165, 1.54) is 20.3 Å². The molecular weight excluding hydrogens is 254 g/mol. The second-order valence-electron chi connectivity index (χ2n) is 3.70. The third kappa shape index (κ3) is 4.06. The SMILES string of the molecule is COc1ccc(OC)c(NC(CC(=O)O)C(=O)O)c1. The zero-order valence-corrected chi connectivity index (χ0v) is 10.5. The minimum absolute atomic E-state index is 0.357. The molecule has 7 nitrogen and oxygen atoms in total. The first-order chi connectivity index (χ1) is 8.97. The number of nitrogens with one attached hydrogen (secondary N) is 1. The molecule has 1 rings (SSSR count). The summed E-state index contributed by atoms with van der Waals surface area (Å²) in [5, 5.41) is 20.3. The van der Waals surface area contributed by atoms with Crippen molar-refractivity contribution in [1.29, 1.82) is 0 Å². The summed E-state index contributed by atoms with van der Waals surface area (Å²) in [5.41, 5.74) is 0.357. The van der Waals surface area contributed by atoms with E-state index in [0.29, 0.717) is 17.2 Å².